The molecule has 0 spiro atoms. The molecule has 0 radical (unpaired) electrons. The van der Waals surface area contributed by atoms with Crippen molar-refractivity contribution in [2.24, 2.45) is 5.92 Å². The largest absolute Gasteiger partial charge is 0.497 e. The number of carbonyl (C=O) groups excluding carboxylic acids is 2. The molecule has 0 unspecified atom stereocenters. The zero-order valence-electron chi connectivity index (χ0n) is 17.5. The number of rotatable bonds is 7. The first-order valence-electron chi connectivity index (χ1n) is 10.2. The molecule has 30 heavy (non-hydrogen) atoms. The number of methoxy groups -OCH3 is 1. The zero-order chi connectivity index (χ0) is 21.3. The summed E-state index contributed by atoms with van der Waals surface area (Å²) in [5, 5.41) is 2.75. The van der Waals surface area contributed by atoms with Gasteiger partial charge in [-0.05, 0) is 66.8 Å². The van der Waals surface area contributed by atoms with Crippen LogP contribution >= 0.6 is 0 Å². The fourth-order valence-electron chi connectivity index (χ4n) is 3.28. The van der Waals surface area contributed by atoms with Gasteiger partial charge >= 0.3 is 5.97 Å². The Bertz CT molecular complexity index is 867. The van der Waals surface area contributed by atoms with Crippen molar-refractivity contribution in [3.05, 3.63) is 60.2 Å². The first-order valence-corrected chi connectivity index (χ1v) is 10.2. The Kier molecular flexibility index (Phi) is 7.49. The fourth-order valence-corrected chi connectivity index (χ4v) is 3.28. The summed E-state index contributed by atoms with van der Waals surface area (Å²) in [7, 11) is 1.59. The van der Waals surface area contributed by atoms with Crippen LogP contribution in [0.15, 0.2) is 54.6 Å². The highest BCUT2D eigenvalue weighted by Gasteiger charge is 2.16. The number of nitrogens with zero attached hydrogens (tertiary/aromatic N) is 1. The van der Waals surface area contributed by atoms with Gasteiger partial charge in [0, 0.05) is 30.5 Å². The minimum atomic E-state index is -0.573. The van der Waals surface area contributed by atoms with Crippen LogP contribution in [0.1, 0.15) is 25.3 Å². The average Bonchev–Trinajstić information content (AvgIpc) is 2.78. The zero-order valence-corrected chi connectivity index (χ0v) is 17.5. The monoisotopic (exact) mass is 408 g/mol. The lowest BCUT2D eigenvalue weighted by atomic mass is 9.99. The summed E-state index contributed by atoms with van der Waals surface area (Å²) >= 11 is 0. The highest BCUT2D eigenvalue weighted by Crippen LogP contribution is 2.24. The number of benzene rings is 2. The first kappa shape index (κ1) is 21.4. The molecule has 1 aliphatic rings. The van der Waals surface area contributed by atoms with Gasteiger partial charge in [-0.15, -0.1) is 0 Å². The smallest absolute Gasteiger partial charge is 0.331 e. The second kappa shape index (κ2) is 10.5. The predicted octanol–water partition coefficient (Wildman–Crippen LogP) is 4.13. The van der Waals surface area contributed by atoms with E-state index in [4.69, 9.17) is 9.47 Å². The van der Waals surface area contributed by atoms with E-state index in [-0.39, 0.29) is 12.5 Å². The summed E-state index contributed by atoms with van der Waals surface area (Å²) in [6.07, 6.45) is 5.33. The van der Waals surface area contributed by atoms with Crippen LogP contribution in [-0.2, 0) is 14.3 Å². The lowest BCUT2D eigenvalue weighted by Crippen LogP contribution is -2.32. The van der Waals surface area contributed by atoms with Crippen molar-refractivity contribution in [1.29, 1.82) is 0 Å². The van der Waals surface area contributed by atoms with Gasteiger partial charge in [-0.3, -0.25) is 4.79 Å². The number of piperidine rings is 1. The molecule has 0 saturated carbocycles. The van der Waals surface area contributed by atoms with E-state index < -0.39 is 5.97 Å². The lowest BCUT2D eigenvalue weighted by Gasteiger charge is -2.32. The van der Waals surface area contributed by atoms with Crippen molar-refractivity contribution in [2.45, 2.75) is 19.8 Å². The van der Waals surface area contributed by atoms with Crippen LogP contribution in [0.25, 0.3) is 6.08 Å². The van der Waals surface area contributed by atoms with Crippen LogP contribution in [0, 0.1) is 5.92 Å². The predicted molar refractivity (Wildman–Crippen MR) is 119 cm³/mol. The molecule has 6 heteroatoms. The molecular formula is C24H28N2O4. The number of nitrogens with one attached hydrogen (secondary N) is 1. The SMILES string of the molecule is COc1ccc(/C=C/C(=O)OCC(=O)Nc2ccc(N3CCC(C)CC3)cc2)cc1. The number of hydrogen-bond donors (Lipinski definition) is 1. The van der Waals surface area contributed by atoms with E-state index >= 15 is 0 Å². The van der Waals surface area contributed by atoms with Crippen molar-refractivity contribution in [3.8, 4) is 5.75 Å². The molecule has 2 aromatic carbocycles. The standard InChI is InChI=1S/C24H28N2O4/c1-18-13-15-26(16-14-18)21-8-6-20(7-9-21)25-23(27)17-30-24(28)12-5-19-3-10-22(29-2)11-4-19/h3-12,18H,13-17H2,1-2H3,(H,25,27)/b12-5+. The summed E-state index contributed by atoms with van der Waals surface area (Å²) < 4.78 is 10.1. The van der Waals surface area contributed by atoms with E-state index in [1.54, 1.807) is 25.3 Å². The molecule has 1 aliphatic heterocycles. The maximum Gasteiger partial charge on any atom is 0.331 e. The summed E-state index contributed by atoms with van der Waals surface area (Å²) in [6.45, 7) is 4.08. The molecule has 3 rings (SSSR count). The van der Waals surface area contributed by atoms with Crippen molar-refractivity contribution < 1.29 is 19.1 Å². The Morgan fingerprint density at radius 1 is 1.07 bits per heavy atom. The number of hydrogen-bond acceptors (Lipinski definition) is 5. The third kappa shape index (κ3) is 6.37. The van der Waals surface area contributed by atoms with E-state index in [2.05, 4.69) is 17.1 Å². The molecule has 6 nitrogen and oxygen atoms in total. The van der Waals surface area contributed by atoms with E-state index in [1.807, 2.05) is 36.4 Å². The molecule has 0 aromatic heterocycles. The molecule has 1 N–H and O–H groups in total. The summed E-state index contributed by atoms with van der Waals surface area (Å²) in [6, 6.07) is 15.0. The molecule has 1 heterocycles. The molecular weight excluding hydrogens is 380 g/mol. The lowest BCUT2D eigenvalue weighted by molar-refractivity contribution is -0.142. The van der Waals surface area contributed by atoms with E-state index in [0.29, 0.717) is 5.69 Å². The van der Waals surface area contributed by atoms with Crippen LogP contribution < -0.4 is 15.0 Å². The second-order valence-electron chi connectivity index (χ2n) is 7.48. The molecule has 158 valence electrons. The van der Waals surface area contributed by atoms with Gasteiger partial charge in [0.1, 0.15) is 5.75 Å². The Labute approximate surface area is 177 Å². The van der Waals surface area contributed by atoms with Crippen LogP contribution in [0.2, 0.25) is 0 Å². The van der Waals surface area contributed by atoms with Crippen LogP contribution in [0.4, 0.5) is 11.4 Å². The van der Waals surface area contributed by atoms with Crippen molar-refractivity contribution >= 4 is 29.3 Å². The van der Waals surface area contributed by atoms with Crippen LogP contribution in [0.5, 0.6) is 5.75 Å². The molecule has 2 aromatic rings. The Hall–Kier alpha value is -3.28. The van der Waals surface area contributed by atoms with Gasteiger partial charge in [-0.25, -0.2) is 4.79 Å². The van der Waals surface area contributed by atoms with Gasteiger partial charge < -0.3 is 19.7 Å². The first-order chi connectivity index (χ1) is 14.5. The van der Waals surface area contributed by atoms with E-state index in [9.17, 15) is 9.59 Å². The van der Waals surface area contributed by atoms with Gasteiger partial charge in [0.25, 0.3) is 5.91 Å². The van der Waals surface area contributed by atoms with E-state index in [1.165, 1.54) is 18.9 Å². The molecule has 0 bridgehead atoms. The highest BCUT2D eigenvalue weighted by molar-refractivity contribution is 5.94. The molecule has 1 amide bonds. The Morgan fingerprint density at radius 2 is 1.73 bits per heavy atom. The molecule has 1 fully saturated rings. The number of anilines is 2. The normalized spacial score (nSPS) is 14.5. The van der Waals surface area contributed by atoms with Crippen molar-refractivity contribution in [3.63, 3.8) is 0 Å². The van der Waals surface area contributed by atoms with Gasteiger partial charge in [0.15, 0.2) is 6.61 Å². The topological polar surface area (TPSA) is 67.9 Å². The van der Waals surface area contributed by atoms with Crippen LogP contribution in [0.3, 0.4) is 0 Å². The highest BCUT2D eigenvalue weighted by atomic mass is 16.5. The second-order valence-corrected chi connectivity index (χ2v) is 7.48. The molecule has 0 atom stereocenters. The van der Waals surface area contributed by atoms with Crippen molar-refractivity contribution in [2.75, 3.05) is 37.0 Å². The molecule has 1 saturated heterocycles. The third-order valence-corrected chi connectivity index (χ3v) is 5.17. The maximum absolute atomic E-state index is 12.0. The summed E-state index contributed by atoms with van der Waals surface area (Å²) in [5.74, 6) is 0.579. The maximum atomic E-state index is 12.0. The van der Waals surface area contributed by atoms with Gasteiger partial charge in [0.2, 0.25) is 0 Å². The summed E-state index contributed by atoms with van der Waals surface area (Å²) in [5.41, 5.74) is 2.68. The Balaban J connectivity index is 1.42. The van der Waals surface area contributed by atoms with E-state index in [0.717, 1.165) is 36.0 Å². The van der Waals surface area contributed by atoms with Gasteiger partial charge in [-0.1, -0.05) is 19.1 Å². The molecule has 0 aliphatic carbocycles. The van der Waals surface area contributed by atoms with Crippen LogP contribution in [-0.4, -0.2) is 38.7 Å². The minimum absolute atomic E-state index is 0.336. The van der Waals surface area contributed by atoms with Gasteiger partial charge in [-0.2, -0.15) is 0 Å². The average molecular weight is 408 g/mol. The third-order valence-electron chi connectivity index (χ3n) is 5.17. The number of esters is 1. The minimum Gasteiger partial charge on any atom is -0.497 e. The van der Waals surface area contributed by atoms with Crippen molar-refractivity contribution in [1.82, 2.24) is 0 Å². The Morgan fingerprint density at radius 3 is 2.37 bits per heavy atom. The summed E-state index contributed by atoms with van der Waals surface area (Å²) in [4.78, 5) is 26.2. The quantitative estimate of drug-likeness (QED) is 0.551. The fraction of sp³-hybridized carbons (Fsp3) is 0.333. The number of amides is 1. The van der Waals surface area contributed by atoms with Gasteiger partial charge in [0.05, 0.1) is 7.11 Å². The number of carbonyl (C=O) groups is 2. The number of ether oxygens (including phenoxy) is 2.